The van der Waals surface area contributed by atoms with Gasteiger partial charge in [-0.2, -0.15) is 0 Å². The molecule has 0 atom stereocenters. The Hall–Kier alpha value is -3.25. The fourth-order valence-electron chi connectivity index (χ4n) is 2.38. The van der Waals surface area contributed by atoms with Gasteiger partial charge >= 0.3 is 0 Å². The number of benzene rings is 3. The summed E-state index contributed by atoms with van der Waals surface area (Å²) in [6.45, 7) is 0.443. The lowest BCUT2D eigenvalue weighted by atomic mass is 10.2. The molecule has 0 aliphatic rings. The molecule has 0 aromatic heterocycles. The van der Waals surface area contributed by atoms with Crippen LogP contribution in [0.25, 0.3) is 0 Å². The predicted molar refractivity (Wildman–Crippen MR) is 107 cm³/mol. The molecule has 0 bridgehead atoms. The minimum absolute atomic E-state index is 0.0680. The van der Waals surface area contributed by atoms with Gasteiger partial charge in [0, 0.05) is 11.8 Å². The van der Waals surface area contributed by atoms with E-state index in [9.17, 15) is 9.18 Å². The van der Waals surface area contributed by atoms with Crippen LogP contribution in [0, 0.1) is 5.82 Å². The Labute approximate surface area is 162 Å². The Morgan fingerprint density at radius 2 is 1.70 bits per heavy atom. The van der Waals surface area contributed by atoms with E-state index in [1.807, 2.05) is 42.5 Å². The minimum Gasteiger partial charge on any atom is -0.489 e. The molecule has 6 heteroatoms. The van der Waals surface area contributed by atoms with Crippen molar-refractivity contribution in [3.63, 3.8) is 0 Å². The van der Waals surface area contributed by atoms with Crippen molar-refractivity contribution < 1.29 is 13.9 Å². The fourth-order valence-corrected chi connectivity index (χ4v) is 2.59. The van der Waals surface area contributed by atoms with Crippen molar-refractivity contribution in [1.82, 2.24) is 5.32 Å². The Morgan fingerprint density at radius 3 is 2.48 bits per heavy atom. The quantitative estimate of drug-likeness (QED) is 0.639. The molecule has 3 aromatic carbocycles. The van der Waals surface area contributed by atoms with Crippen molar-refractivity contribution in [2.75, 3.05) is 5.32 Å². The maximum atomic E-state index is 13.7. The smallest absolute Gasteiger partial charge is 0.260 e. The van der Waals surface area contributed by atoms with Gasteiger partial charge in [-0.15, -0.1) is 0 Å². The van der Waals surface area contributed by atoms with Gasteiger partial charge in [0.1, 0.15) is 18.2 Å². The summed E-state index contributed by atoms with van der Waals surface area (Å²) >= 11 is 5.13. The summed E-state index contributed by atoms with van der Waals surface area (Å²) in [6.07, 6.45) is 0. The van der Waals surface area contributed by atoms with Crippen molar-refractivity contribution in [3.05, 3.63) is 95.8 Å². The Morgan fingerprint density at radius 1 is 0.963 bits per heavy atom. The topological polar surface area (TPSA) is 50.4 Å². The SMILES string of the molecule is O=C(NC(=S)Nc1cccc(OCc2ccccc2)c1)c1ccccc1F. The predicted octanol–water partition coefficient (Wildman–Crippen LogP) is 4.53. The number of rotatable bonds is 5. The van der Waals surface area contributed by atoms with E-state index in [2.05, 4.69) is 10.6 Å². The second-order valence-electron chi connectivity index (χ2n) is 5.69. The summed E-state index contributed by atoms with van der Waals surface area (Å²) in [5, 5.41) is 5.43. The Balaban J connectivity index is 1.58. The molecule has 0 fully saturated rings. The molecule has 0 unspecified atom stereocenters. The molecule has 136 valence electrons. The van der Waals surface area contributed by atoms with E-state index in [1.54, 1.807) is 18.2 Å². The molecule has 1 amide bonds. The van der Waals surface area contributed by atoms with Gasteiger partial charge in [-0.3, -0.25) is 10.1 Å². The molecule has 0 spiro atoms. The summed E-state index contributed by atoms with van der Waals surface area (Å²) in [5.41, 5.74) is 1.64. The van der Waals surface area contributed by atoms with Crippen molar-refractivity contribution >= 4 is 28.9 Å². The molecule has 27 heavy (non-hydrogen) atoms. The van der Waals surface area contributed by atoms with Gasteiger partial charge in [0.15, 0.2) is 5.11 Å². The number of thiocarbonyl (C=S) groups is 1. The molecule has 3 rings (SSSR count). The zero-order chi connectivity index (χ0) is 19.1. The molecule has 3 aromatic rings. The van der Waals surface area contributed by atoms with Crippen LogP contribution in [0.15, 0.2) is 78.9 Å². The number of ether oxygens (including phenoxy) is 1. The third-order valence-corrected chi connectivity index (χ3v) is 3.89. The minimum atomic E-state index is -0.609. The fraction of sp³-hybridized carbons (Fsp3) is 0.0476. The highest BCUT2D eigenvalue weighted by atomic mass is 32.1. The largest absolute Gasteiger partial charge is 0.489 e. The van der Waals surface area contributed by atoms with Crippen LogP contribution in [0.2, 0.25) is 0 Å². The highest BCUT2D eigenvalue weighted by Gasteiger charge is 2.12. The molecule has 0 saturated heterocycles. The number of hydrogen-bond donors (Lipinski definition) is 2. The molecule has 0 aliphatic heterocycles. The van der Waals surface area contributed by atoms with Gasteiger partial charge in [0.2, 0.25) is 0 Å². The van der Waals surface area contributed by atoms with Crippen LogP contribution in [0.1, 0.15) is 15.9 Å². The van der Waals surface area contributed by atoms with Crippen molar-refractivity contribution in [2.24, 2.45) is 0 Å². The van der Waals surface area contributed by atoms with Crippen LogP contribution < -0.4 is 15.4 Å². The molecular formula is C21H17FN2O2S. The van der Waals surface area contributed by atoms with Gasteiger partial charge in [-0.1, -0.05) is 48.5 Å². The van der Waals surface area contributed by atoms with Crippen LogP contribution in [-0.2, 0) is 6.61 Å². The van der Waals surface area contributed by atoms with E-state index in [0.717, 1.165) is 5.56 Å². The Kier molecular flexibility index (Phi) is 6.12. The first kappa shape index (κ1) is 18.5. The highest BCUT2D eigenvalue weighted by molar-refractivity contribution is 7.80. The number of nitrogens with one attached hydrogen (secondary N) is 2. The number of halogens is 1. The van der Waals surface area contributed by atoms with Crippen LogP contribution in [0.4, 0.5) is 10.1 Å². The van der Waals surface area contributed by atoms with Crippen LogP contribution in [0.5, 0.6) is 5.75 Å². The first-order valence-corrected chi connectivity index (χ1v) is 8.66. The van der Waals surface area contributed by atoms with Crippen molar-refractivity contribution in [1.29, 1.82) is 0 Å². The molecular weight excluding hydrogens is 363 g/mol. The molecule has 4 nitrogen and oxygen atoms in total. The standard InChI is InChI=1S/C21H17FN2O2S/c22-19-12-5-4-11-18(19)20(25)24-21(27)23-16-9-6-10-17(13-16)26-14-15-7-2-1-3-8-15/h1-13H,14H2,(H2,23,24,25,27). The lowest BCUT2D eigenvalue weighted by Gasteiger charge is -2.12. The van der Waals surface area contributed by atoms with Gasteiger partial charge < -0.3 is 10.1 Å². The monoisotopic (exact) mass is 380 g/mol. The van der Waals surface area contributed by atoms with E-state index < -0.39 is 11.7 Å². The van der Waals surface area contributed by atoms with Gasteiger partial charge in [0.25, 0.3) is 5.91 Å². The molecule has 0 saturated carbocycles. The van der Waals surface area contributed by atoms with E-state index in [4.69, 9.17) is 17.0 Å². The summed E-state index contributed by atoms with van der Waals surface area (Å²) in [6, 6.07) is 22.7. The number of carbonyl (C=O) groups excluding carboxylic acids is 1. The summed E-state index contributed by atoms with van der Waals surface area (Å²) in [4.78, 5) is 12.1. The molecule has 0 aliphatic carbocycles. The van der Waals surface area contributed by atoms with Crippen LogP contribution >= 0.6 is 12.2 Å². The van der Waals surface area contributed by atoms with Crippen LogP contribution in [0.3, 0.4) is 0 Å². The second kappa shape index (κ2) is 8.91. The Bertz CT molecular complexity index is 948. The zero-order valence-electron chi connectivity index (χ0n) is 14.3. The highest BCUT2D eigenvalue weighted by Crippen LogP contribution is 2.18. The number of anilines is 1. The summed E-state index contributed by atoms with van der Waals surface area (Å²) in [5.74, 6) is -0.553. The third kappa shape index (κ3) is 5.36. The van der Waals surface area contributed by atoms with Crippen molar-refractivity contribution in [2.45, 2.75) is 6.61 Å². The van der Waals surface area contributed by atoms with Gasteiger partial charge in [-0.05, 0) is 42.0 Å². The number of hydrogen-bond acceptors (Lipinski definition) is 3. The maximum absolute atomic E-state index is 13.7. The normalized spacial score (nSPS) is 10.1. The van der Waals surface area contributed by atoms with Crippen LogP contribution in [-0.4, -0.2) is 11.0 Å². The first-order chi connectivity index (χ1) is 13.1. The number of carbonyl (C=O) groups is 1. The van der Waals surface area contributed by atoms with Gasteiger partial charge in [0.05, 0.1) is 5.56 Å². The number of amides is 1. The maximum Gasteiger partial charge on any atom is 0.260 e. The molecule has 0 radical (unpaired) electrons. The van der Waals surface area contributed by atoms with E-state index in [0.29, 0.717) is 18.0 Å². The lowest BCUT2D eigenvalue weighted by molar-refractivity contribution is 0.0974. The average Bonchev–Trinajstić information content (AvgIpc) is 2.67. The zero-order valence-corrected chi connectivity index (χ0v) is 15.1. The van der Waals surface area contributed by atoms with E-state index in [-0.39, 0.29) is 10.7 Å². The van der Waals surface area contributed by atoms with E-state index >= 15 is 0 Å². The summed E-state index contributed by atoms with van der Waals surface area (Å²) < 4.78 is 19.4. The lowest BCUT2D eigenvalue weighted by Crippen LogP contribution is -2.34. The van der Waals surface area contributed by atoms with Gasteiger partial charge in [-0.25, -0.2) is 4.39 Å². The summed E-state index contributed by atoms with van der Waals surface area (Å²) in [7, 11) is 0. The molecule has 0 heterocycles. The van der Waals surface area contributed by atoms with Crippen molar-refractivity contribution in [3.8, 4) is 5.75 Å². The first-order valence-electron chi connectivity index (χ1n) is 8.25. The molecule has 2 N–H and O–H groups in total. The second-order valence-corrected chi connectivity index (χ2v) is 6.10. The van der Waals surface area contributed by atoms with E-state index in [1.165, 1.54) is 18.2 Å². The average molecular weight is 380 g/mol. The third-order valence-electron chi connectivity index (χ3n) is 3.69.